The predicted molar refractivity (Wildman–Crippen MR) is 135 cm³/mol. The van der Waals surface area contributed by atoms with Crippen LogP contribution in [0.15, 0.2) is 96.4 Å². The van der Waals surface area contributed by atoms with Crippen molar-refractivity contribution in [1.29, 1.82) is 0 Å². The van der Waals surface area contributed by atoms with E-state index in [1.165, 1.54) is 16.4 Å². The average Bonchev–Trinajstić information content (AvgIpc) is 3.52. The molecular formula is C27H26N4O3S. The standard InChI is InChI=1S/C27H26N4O3S/c1-19-16-22-6-3-4-9-26(22)31(19)35(33,34)25-8-5-7-23(17-25)27(32)29-20(2)21-10-12-24(13-11-21)30-15-14-28-18-30/h3-15,17-20H,16H2,1-2H3,(H,29,32)/t19-,20-/m1/s1. The first-order valence-corrected chi connectivity index (χ1v) is 12.9. The first-order chi connectivity index (χ1) is 16.8. The van der Waals surface area contributed by atoms with Crippen LogP contribution in [0.25, 0.3) is 5.69 Å². The van der Waals surface area contributed by atoms with Crippen molar-refractivity contribution in [3.8, 4) is 5.69 Å². The van der Waals surface area contributed by atoms with Gasteiger partial charge in [0.1, 0.15) is 0 Å². The topological polar surface area (TPSA) is 84.3 Å². The van der Waals surface area contributed by atoms with E-state index in [4.69, 9.17) is 0 Å². The van der Waals surface area contributed by atoms with Crippen LogP contribution in [0.3, 0.4) is 0 Å². The normalized spacial score (nSPS) is 16.1. The fraction of sp³-hybridized carbons (Fsp3) is 0.185. The lowest BCUT2D eigenvalue weighted by molar-refractivity contribution is 0.0939. The number of amides is 1. The number of carbonyl (C=O) groups is 1. The van der Waals surface area contributed by atoms with Crippen molar-refractivity contribution in [2.24, 2.45) is 0 Å². The van der Waals surface area contributed by atoms with Gasteiger partial charge in [0.05, 0.1) is 23.0 Å². The molecule has 2 atom stereocenters. The second kappa shape index (κ2) is 9.03. The molecule has 0 spiro atoms. The molecule has 0 saturated heterocycles. The molecule has 5 rings (SSSR count). The van der Waals surface area contributed by atoms with Gasteiger partial charge in [0.25, 0.3) is 15.9 Å². The lowest BCUT2D eigenvalue weighted by Gasteiger charge is -2.24. The molecule has 1 aliphatic heterocycles. The Morgan fingerprint density at radius 1 is 1.06 bits per heavy atom. The molecule has 2 heterocycles. The highest BCUT2D eigenvalue weighted by Gasteiger charge is 2.36. The molecule has 0 unspecified atom stereocenters. The summed E-state index contributed by atoms with van der Waals surface area (Å²) in [6.45, 7) is 3.79. The van der Waals surface area contributed by atoms with Crippen LogP contribution in [-0.4, -0.2) is 29.9 Å². The highest BCUT2D eigenvalue weighted by Crippen LogP contribution is 2.36. The van der Waals surface area contributed by atoms with E-state index in [-0.39, 0.29) is 22.9 Å². The summed E-state index contributed by atoms with van der Waals surface area (Å²) in [6.07, 6.45) is 5.96. The van der Waals surface area contributed by atoms with Crippen molar-refractivity contribution in [2.75, 3.05) is 4.31 Å². The second-order valence-corrected chi connectivity index (χ2v) is 10.6. The number of imidazole rings is 1. The van der Waals surface area contributed by atoms with Gasteiger partial charge in [-0.1, -0.05) is 36.4 Å². The molecule has 178 valence electrons. The Hall–Kier alpha value is -3.91. The third-order valence-electron chi connectivity index (χ3n) is 6.34. The number of nitrogens with zero attached hydrogens (tertiary/aromatic N) is 3. The fourth-order valence-corrected chi connectivity index (χ4v) is 6.26. The summed E-state index contributed by atoms with van der Waals surface area (Å²) in [5.74, 6) is -0.330. The molecule has 4 aromatic rings. The number of hydrogen-bond donors (Lipinski definition) is 1. The van der Waals surface area contributed by atoms with Gasteiger partial charge in [-0.05, 0) is 67.8 Å². The number of fused-ring (bicyclic) bond motifs is 1. The van der Waals surface area contributed by atoms with Crippen molar-refractivity contribution >= 4 is 21.6 Å². The van der Waals surface area contributed by atoms with Crippen molar-refractivity contribution in [2.45, 2.75) is 37.2 Å². The van der Waals surface area contributed by atoms with E-state index < -0.39 is 10.0 Å². The minimum atomic E-state index is -3.82. The molecule has 0 radical (unpaired) electrons. The summed E-state index contributed by atoms with van der Waals surface area (Å²) in [5, 5.41) is 2.97. The number of nitrogens with one attached hydrogen (secondary N) is 1. The van der Waals surface area contributed by atoms with E-state index in [0.29, 0.717) is 17.7 Å². The summed E-state index contributed by atoms with van der Waals surface area (Å²) in [4.78, 5) is 17.2. The van der Waals surface area contributed by atoms with Gasteiger partial charge < -0.3 is 9.88 Å². The maximum Gasteiger partial charge on any atom is 0.264 e. The minimum absolute atomic E-state index is 0.103. The fourth-order valence-electron chi connectivity index (χ4n) is 4.53. The maximum absolute atomic E-state index is 13.5. The Labute approximate surface area is 205 Å². The van der Waals surface area contributed by atoms with E-state index in [2.05, 4.69) is 10.3 Å². The third kappa shape index (κ3) is 4.33. The third-order valence-corrected chi connectivity index (χ3v) is 8.27. The predicted octanol–water partition coefficient (Wildman–Crippen LogP) is 4.50. The van der Waals surface area contributed by atoms with E-state index >= 15 is 0 Å². The quantitative estimate of drug-likeness (QED) is 0.435. The molecule has 1 aromatic heterocycles. The van der Waals surface area contributed by atoms with E-state index in [9.17, 15) is 13.2 Å². The molecule has 0 saturated carbocycles. The van der Waals surface area contributed by atoms with Crippen molar-refractivity contribution in [3.63, 3.8) is 0 Å². The second-order valence-electron chi connectivity index (χ2n) is 8.77. The molecule has 1 aliphatic rings. The molecule has 1 N–H and O–H groups in total. The van der Waals surface area contributed by atoms with Crippen LogP contribution in [0.1, 0.15) is 41.4 Å². The summed E-state index contributed by atoms with van der Waals surface area (Å²) >= 11 is 0. The summed E-state index contributed by atoms with van der Waals surface area (Å²) < 4.78 is 30.4. The monoisotopic (exact) mass is 486 g/mol. The van der Waals surface area contributed by atoms with Gasteiger partial charge in [-0.2, -0.15) is 0 Å². The van der Waals surface area contributed by atoms with E-state index in [0.717, 1.165) is 16.8 Å². The van der Waals surface area contributed by atoms with Gasteiger partial charge in [-0.25, -0.2) is 13.4 Å². The number of hydrogen-bond acceptors (Lipinski definition) is 4. The Morgan fingerprint density at radius 2 is 1.83 bits per heavy atom. The Morgan fingerprint density at radius 3 is 2.57 bits per heavy atom. The van der Waals surface area contributed by atoms with Gasteiger partial charge in [-0.15, -0.1) is 0 Å². The molecule has 0 aliphatic carbocycles. The van der Waals surface area contributed by atoms with Crippen molar-refractivity contribution < 1.29 is 13.2 Å². The van der Waals surface area contributed by atoms with Crippen LogP contribution in [0.4, 0.5) is 5.69 Å². The molecule has 8 heteroatoms. The van der Waals surface area contributed by atoms with Crippen LogP contribution in [-0.2, 0) is 16.4 Å². The molecule has 0 fully saturated rings. The number of aromatic nitrogens is 2. The number of carbonyl (C=O) groups excluding carboxylic acids is 1. The first kappa shape index (κ1) is 22.9. The zero-order valence-electron chi connectivity index (χ0n) is 19.5. The van der Waals surface area contributed by atoms with Crippen LogP contribution in [0.2, 0.25) is 0 Å². The van der Waals surface area contributed by atoms with Gasteiger partial charge in [0, 0.05) is 29.7 Å². The summed E-state index contributed by atoms with van der Waals surface area (Å²) in [7, 11) is -3.82. The van der Waals surface area contributed by atoms with E-state index in [1.807, 2.05) is 73.1 Å². The molecular weight excluding hydrogens is 460 g/mol. The number of sulfonamides is 1. The first-order valence-electron chi connectivity index (χ1n) is 11.5. The van der Waals surface area contributed by atoms with E-state index in [1.54, 1.807) is 24.7 Å². The average molecular weight is 487 g/mol. The lowest BCUT2D eigenvalue weighted by atomic mass is 10.1. The van der Waals surface area contributed by atoms with Gasteiger partial charge in [-0.3, -0.25) is 9.10 Å². The molecule has 35 heavy (non-hydrogen) atoms. The van der Waals surface area contributed by atoms with Crippen LogP contribution in [0, 0.1) is 0 Å². The van der Waals surface area contributed by atoms with Crippen LogP contribution in [0.5, 0.6) is 0 Å². The Kier molecular flexibility index (Phi) is 5.90. The smallest absolute Gasteiger partial charge is 0.264 e. The van der Waals surface area contributed by atoms with Gasteiger partial charge in [0.15, 0.2) is 0 Å². The number of rotatable bonds is 6. The molecule has 1 amide bonds. The molecule has 0 bridgehead atoms. The van der Waals surface area contributed by atoms with Gasteiger partial charge in [0.2, 0.25) is 0 Å². The SMILES string of the molecule is C[C@@H]1Cc2ccccc2N1S(=O)(=O)c1cccc(C(=O)N[C@H](C)c2ccc(-n3ccnc3)cc2)c1. The number of para-hydroxylation sites is 1. The van der Waals surface area contributed by atoms with Crippen molar-refractivity contribution in [3.05, 3.63) is 108 Å². The lowest BCUT2D eigenvalue weighted by Crippen LogP contribution is -2.36. The minimum Gasteiger partial charge on any atom is -0.346 e. The zero-order valence-corrected chi connectivity index (χ0v) is 20.3. The largest absolute Gasteiger partial charge is 0.346 e. The van der Waals surface area contributed by atoms with Gasteiger partial charge >= 0.3 is 0 Å². The summed E-state index contributed by atoms with van der Waals surface area (Å²) in [6, 6.07) is 21.1. The van der Waals surface area contributed by atoms with Crippen LogP contribution >= 0.6 is 0 Å². The maximum atomic E-state index is 13.5. The Balaban J connectivity index is 1.34. The molecule has 3 aromatic carbocycles. The highest BCUT2D eigenvalue weighted by atomic mass is 32.2. The summed E-state index contributed by atoms with van der Waals surface area (Å²) in [5.41, 5.74) is 3.91. The highest BCUT2D eigenvalue weighted by molar-refractivity contribution is 7.92. The molecule has 7 nitrogen and oxygen atoms in total. The van der Waals surface area contributed by atoms with Crippen molar-refractivity contribution in [1.82, 2.24) is 14.9 Å². The zero-order chi connectivity index (χ0) is 24.6. The van der Waals surface area contributed by atoms with Crippen LogP contribution < -0.4 is 9.62 Å². The Bertz CT molecular complexity index is 1460. The number of benzene rings is 3. The number of anilines is 1.